The minimum Gasteiger partial charge on any atom is -0.494 e. The van der Waals surface area contributed by atoms with Crippen molar-refractivity contribution in [2.24, 2.45) is 5.92 Å². The molecule has 2 aliphatic heterocycles. The number of benzene rings is 1. The Morgan fingerprint density at radius 1 is 1.38 bits per heavy atom. The molecule has 0 saturated carbocycles. The first-order valence-corrected chi connectivity index (χ1v) is 9.63. The maximum Gasteiger partial charge on any atom is 0.224 e. The number of rotatable bonds is 7. The molecule has 3 rings (SSSR count). The van der Waals surface area contributed by atoms with Gasteiger partial charge in [-0.15, -0.1) is 0 Å². The first kappa shape index (κ1) is 18.7. The standard InChI is InChI=1S/C20H29N3O3/c1-21-13-15-4-2-10-23(14-15)20(25)5-3-11-26-17-7-8-18-16(12-17)6-9-19(24)22-18/h7-8,12,15,21H,2-6,9-11,13-14H2,1H3,(H,22,24). The smallest absolute Gasteiger partial charge is 0.224 e. The van der Waals surface area contributed by atoms with Gasteiger partial charge in [-0.3, -0.25) is 9.59 Å². The summed E-state index contributed by atoms with van der Waals surface area (Å²) in [6.07, 6.45) is 4.83. The SMILES string of the molecule is CNCC1CCCN(C(=O)CCCOc2ccc3c(c2)CCC(=O)N3)C1. The van der Waals surface area contributed by atoms with Gasteiger partial charge in [-0.05, 0) is 69.0 Å². The van der Waals surface area contributed by atoms with Crippen molar-refractivity contribution in [3.63, 3.8) is 0 Å². The number of carbonyl (C=O) groups is 2. The van der Waals surface area contributed by atoms with E-state index in [1.807, 2.05) is 30.1 Å². The molecule has 1 unspecified atom stereocenters. The van der Waals surface area contributed by atoms with Gasteiger partial charge in [-0.2, -0.15) is 0 Å². The van der Waals surface area contributed by atoms with Crippen LogP contribution in [-0.4, -0.2) is 50.0 Å². The van der Waals surface area contributed by atoms with E-state index in [9.17, 15) is 9.59 Å². The zero-order valence-electron chi connectivity index (χ0n) is 15.6. The number of piperidine rings is 1. The Morgan fingerprint density at radius 2 is 2.27 bits per heavy atom. The fourth-order valence-corrected chi connectivity index (χ4v) is 3.77. The van der Waals surface area contributed by atoms with E-state index in [0.717, 1.165) is 55.9 Å². The molecule has 2 heterocycles. The van der Waals surface area contributed by atoms with Crippen molar-refractivity contribution in [2.75, 3.05) is 38.6 Å². The molecule has 0 aliphatic carbocycles. The minimum atomic E-state index is 0.0688. The summed E-state index contributed by atoms with van der Waals surface area (Å²) in [5, 5.41) is 6.08. The van der Waals surface area contributed by atoms with Crippen molar-refractivity contribution in [3.8, 4) is 5.75 Å². The molecule has 2 aliphatic rings. The van der Waals surface area contributed by atoms with Crippen LogP contribution in [0.3, 0.4) is 0 Å². The lowest BCUT2D eigenvalue weighted by Gasteiger charge is -2.32. The summed E-state index contributed by atoms with van der Waals surface area (Å²) in [5.41, 5.74) is 1.99. The molecule has 1 fully saturated rings. The number of ether oxygens (including phenoxy) is 1. The molecule has 1 atom stereocenters. The molecule has 142 valence electrons. The summed E-state index contributed by atoms with van der Waals surface area (Å²) >= 11 is 0. The number of hydrogen-bond acceptors (Lipinski definition) is 4. The Labute approximate surface area is 155 Å². The fraction of sp³-hybridized carbons (Fsp3) is 0.600. The number of amides is 2. The normalized spacial score (nSPS) is 19.7. The quantitative estimate of drug-likeness (QED) is 0.732. The maximum atomic E-state index is 12.4. The van der Waals surface area contributed by atoms with Gasteiger partial charge >= 0.3 is 0 Å². The van der Waals surface area contributed by atoms with E-state index in [0.29, 0.717) is 25.4 Å². The molecule has 0 bridgehead atoms. The summed E-state index contributed by atoms with van der Waals surface area (Å²) in [4.78, 5) is 25.8. The van der Waals surface area contributed by atoms with Crippen molar-refractivity contribution in [1.82, 2.24) is 10.2 Å². The highest BCUT2D eigenvalue weighted by atomic mass is 16.5. The van der Waals surface area contributed by atoms with E-state index >= 15 is 0 Å². The summed E-state index contributed by atoms with van der Waals surface area (Å²) in [5.74, 6) is 1.69. The highest BCUT2D eigenvalue weighted by Crippen LogP contribution is 2.27. The van der Waals surface area contributed by atoms with Crippen LogP contribution >= 0.6 is 0 Å². The number of fused-ring (bicyclic) bond motifs is 1. The fourth-order valence-electron chi connectivity index (χ4n) is 3.77. The predicted octanol–water partition coefficient (Wildman–Crippen LogP) is 2.19. The third kappa shape index (κ3) is 4.97. The number of anilines is 1. The molecule has 0 spiro atoms. The van der Waals surface area contributed by atoms with Crippen LogP contribution in [0.2, 0.25) is 0 Å². The van der Waals surface area contributed by atoms with Gasteiger partial charge in [0.05, 0.1) is 6.61 Å². The summed E-state index contributed by atoms with van der Waals surface area (Å²) < 4.78 is 5.80. The van der Waals surface area contributed by atoms with Crippen LogP contribution < -0.4 is 15.4 Å². The first-order chi connectivity index (χ1) is 12.7. The van der Waals surface area contributed by atoms with Gasteiger partial charge < -0.3 is 20.3 Å². The van der Waals surface area contributed by atoms with Crippen LogP contribution in [0.1, 0.15) is 37.7 Å². The van der Waals surface area contributed by atoms with Crippen LogP contribution in [0.25, 0.3) is 0 Å². The number of nitrogens with one attached hydrogen (secondary N) is 2. The molecule has 0 radical (unpaired) electrons. The van der Waals surface area contributed by atoms with Crippen molar-refractivity contribution in [3.05, 3.63) is 23.8 Å². The second kappa shape index (κ2) is 9.03. The largest absolute Gasteiger partial charge is 0.494 e. The number of hydrogen-bond donors (Lipinski definition) is 2. The van der Waals surface area contributed by atoms with Crippen LogP contribution in [0.5, 0.6) is 5.75 Å². The van der Waals surface area contributed by atoms with E-state index in [1.165, 1.54) is 6.42 Å². The van der Waals surface area contributed by atoms with Crippen LogP contribution in [0.15, 0.2) is 18.2 Å². The molecular weight excluding hydrogens is 330 g/mol. The van der Waals surface area contributed by atoms with E-state index in [2.05, 4.69) is 10.6 Å². The number of carbonyl (C=O) groups excluding carboxylic acids is 2. The summed E-state index contributed by atoms with van der Waals surface area (Å²) in [6.45, 7) is 3.27. The van der Waals surface area contributed by atoms with Crippen molar-refractivity contribution in [1.29, 1.82) is 0 Å². The monoisotopic (exact) mass is 359 g/mol. The highest BCUT2D eigenvalue weighted by Gasteiger charge is 2.22. The average Bonchev–Trinajstić information content (AvgIpc) is 2.65. The lowest BCUT2D eigenvalue weighted by molar-refractivity contribution is -0.133. The first-order valence-electron chi connectivity index (χ1n) is 9.63. The molecule has 6 heteroatoms. The second-order valence-corrected chi connectivity index (χ2v) is 7.22. The van der Waals surface area contributed by atoms with Crippen LogP contribution in [0.4, 0.5) is 5.69 Å². The topological polar surface area (TPSA) is 70.7 Å². The lowest BCUT2D eigenvalue weighted by atomic mass is 9.97. The van der Waals surface area contributed by atoms with E-state index in [4.69, 9.17) is 4.74 Å². The minimum absolute atomic E-state index is 0.0688. The van der Waals surface area contributed by atoms with E-state index < -0.39 is 0 Å². The second-order valence-electron chi connectivity index (χ2n) is 7.22. The van der Waals surface area contributed by atoms with Gasteiger partial charge in [-0.1, -0.05) is 0 Å². The van der Waals surface area contributed by atoms with Gasteiger partial charge in [0.25, 0.3) is 0 Å². The maximum absolute atomic E-state index is 12.4. The Kier molecular flexibility index (Phi) is 6.50. The van der Waals surface area contributed by atoms with E-state index in [-0.39, 0.29) is 11.8 Å². The number of nitrogens with zero attached hydrogens (tertiary/aromatic N) is 1. The van der Waals surface area contributed by atoms with E-state index in [1.54, 1.807) is 0 Å². The molecule has 26 heavy (non-hydrogen) atoms. The molecule has 2 amide bonds. The van der Waals surface area contributed by atoms with Gasteiger partial charge in [0.15, 0.2) is 0 Å². The van der Waals surface area contributed by atoms with Gasteiger partial charge in [-0.25, -0.2) is 0 Å². The molecule has 2 N–H and O–H groups in total. The lowest BCUT2D eigenvalue weighted by Crippen LogP contribution is -2.42. The Hall–Kier alpha value is -2.08. The number of likely N-dealkylation sites (tertiary alicyclic amines) is 1. The van der Waals surface area contributed by atoms with Crippen molar-refractivity contribution >= 4 is 17.5 Å². The zero-order chi connectivity index (χ0) is 18.4. The highest BCUT2D eigenvalue weighted by molar-refractivity contribution is 5.94. The Bertz CT molecular complexity index is 645. The Morgan fingerprint density at radius 3 is 3.12 bits per heavy atom. The zero-order valence-corrected chi connectivity index (χ0v) is 15.6. The number of aryl methyl sites for hydroxylation is 1. The molecule has 6 nitrogen and oxygen atoms in total. The van der Waals surface area contributed by atoms with Crippen LogP contribution in [0, 0.1) is 5.92 Å². The van der Waals surface area contributed by atoms with Gasteiger partial charge in [0.2, 0.25) is 11.8 Å². The third-order valence-corrected chi connectivity index (χ3v) is 5.14. The van der Waals surface area contributed by atoms with Crippen LogP contribution in [-0.2, 0) is 16.0 Å². The van der Waals surface area contributed by atoms with Gasteiger partial charge in [0.1, 0.15) is 5.75 Å². The molecular formula is C20H29N3O3. The Balaban J connectivity index is 1.40. The summed E-state index contributed by atoms with van der Waals surface area (Å²) in [7, 11) is 1.97. The third-order valence-electron chi connectivity index (χ3n) is 5.14. The molecule has 0 aromatic heterocycles. The summed E-state index contributed by atoms with van der Waals surface area (Å²) in [6, 6.07) is 5.76. The molecule has 1 aromatic rings. The predicted molar refractivity (Wildman–Crippen MR) is 101 cm³/mol. The molecule has 1 saturated heterocycles. The average molecular weight is 359 g/mol. The van der Waals surface area contributed by atoms with Gasteiger partial charge in [0, 0.05) is 31.6 Å². The van der Waals surface area contributed by atoms with Crippen molar-refractivity contribution in [2.45, 2.75) is 38.5 Å². The van der Waals surface area contributed by atoms with Crippen molar-refractivity contribution < 1.29 is 14.3 Å². The molecule has 1 aromatic carbocycles.